The largest absolute Gasteiger partial charge is 0.491 e. The second-order valence-electron chi connectivity index (χ2n) is 6.83. The van der Waals surface area contributed by atoms with E-state index < -0.39 is 0 Å². The summed E-state index contributed by atoms with van der Waals surface area (Å²) in [5.41, 5.74) is 0. The fourth-order valence-corrected chi connectivity index (χ4v) is 4.58. The van der Waals surface area contributed by atoms with Crippen LogP contribution in [0.4, 0.5) is 0 Å². The van der Waals surface area contributed by atoms with Crippen LogP contribution < -0.4 is 9.47 Å². The number of unbranched alkanes of at least 4 members (excludes halogenated alkanes) is 1. The molecule has 2 nitrogen and oxygen atoms in total. The van der Waals surface area contributed by atoms with Gasteiger partial charge in [0.1, 0.15) is 11.5 Å². The molecule has 0 aliphatic carbocycles. The van der Waals surface area contributed by atoms with Crippen LogP contribution in [0.25, 0.3) is 21.5 Å². The van der Waals surface area contributed by atoms with Crippen LogP contribution in [0.2, 0.25) is 20.1 Å². The fourth-order valence-electron chi connectivity index (χ4n) is 3.39. The van der Waals surface area contributed by atoms with Gasteiger partial charge in [0.25, 0.3) is 0 Å². The van der Waals surface area contributed by atoms with Gasteiger partial charge in [-0.2, -0.15) is 0 Å². The Morgan fingerprint density at radius 2 is 0.867 bits per heavy atom. The molecule has 0 aliphatic heterocycles. The molecule has 154 valence electrons. The molecule has 0 unspecified atom stereocenters. The van der Waals surface area contributed by atoms with Crippen LogP contribution in [0.5, 0.6) is 11.5 Å². The first-order chi connectivity index (χ1) is 14.6. The van der Waals surface area contributed by atoms with Gasteiger partial charge in [0.15, 0.2) is 0 Å². The lowest BCUT2D eigenvalue weighted by molar-refractivity contribution is 0.270. The quantitative estimate of drug-likeness (QED) is 0.246. The summed E-state index contributed by atoms with van der Waals surface area (Å²) >= 11 is 25.3. The van der Waals surface area contributed by atoms with Gasteiger partial charge in [-0.25, -0.2) is 0 Å². The molecular weight excluding hydrogens is 462 g/mol. The molecule has 4 rings (SSSR count). The summed E-state index contributed by atoms with van der Waals surface area (Å²) in [6.07, 6.45) is 1.60. The number of hydrogen-bond acceptors (Lipinski definition) is 2. The molecule has 0 N–H and O–H groups in total. The molecule has 0 atom stereocenters. The Kier molecular flexibility index (Phi) is 6.80. The minimum Gasteiger partial charge on any atom is -0.491 e. The number of rotatable bonds is 7. The van der Waals surface area contributed by atoms with Crippen LogP contribution in [-0.4, -0.2) is 13.2 Å². The van der Waals surface area contributed by atoms with Crippen LogP contribution in [0.15, 0.2) is 60.7 Å². The summed E-state index contributed by atoms with van der Waals surface area (Å²) in [7, 11) is 0. The highest BCUT2D eigenvalue weighted by Gasteiger charge is 2.12. The lowest BCUT2D eigenvalue weighted by Gasteiger charge is -2.14. The molecule has 0 heterocycles. The summed E-state index contributed by atoms with van der Waals surface area (Å²) in [6, 6.07) is 19.0. The molecule has 0 spiro atoms. The number of ether oxygens (including phenoxy) is 2. The van der Waals surface area contributed by atoms with Crippen molar-refractivity contribution in [3.63, 3.8) is 0 Å². The molecule has 0 aromatic heterocycles. The van der Waals surface area contributed by atoms with Gasteiger partial charge in [-0.15, -0.1) is 0 Å². The highest BCUT2D eigenvalue weighted by Crippen LogP contribution is 2.39. The summed E-state index contributed by atoms with van der Waals surface area (Å²) in [6.45, 7) is 1.04. The van der Waals surface area contributed by atoms with Gasteiger partial charge < -0.3 is 9.47 Å². The molecule has 6 heteroatoms. The van der Waals surface area contributed by atoms with Crippen LogP contribution in [-0.2, 0) is 0 Å². The van der Waals surface area contributed by atoms with Crippen molar-refractivity contribution in [2.75, 3.05) is 13.2 Å². The van der Waals surface area contributed by atoms with E-state index in [0.717, 1.165) is 34.4 Å². The van der Waals surface area contributed by atoms with Crippen molar-refractivity contribution in [2.24, 2.45) is 0 Å². The van der Waals surface area contributed by atoms with Gasteiger partial charge in [0.2, 0.25) is 0 Å². The minimum atomic E-state index is 0.509. The molecule has 4 aromatic rings. The van der Waals surface area contributed by atoms with E-state index in [9.17, 15) is 0 Å². The molecule has 30 heavy (non-hydrogen) atoms. The van der Waals surface area contributed by atoms with E-state index in [4.69, 9.17) is 55.9 Å². The third kappa shape index (κ3) is 4.43. The Labute approximate surface area is 195 Å². The summed E-state index contributed by atoms with van der Waals surface area (Å²) in [5, 5.41) is 5.91. The zero-order chi connectivity index (χ0) is 21.1. The van der Waals surface area contributed by atoms with Gasteiger partial charge >= 0.3 is 0 Å². The zero-order valence-electron chi connectivity index (χ0n) is 15.9. The maximum Gasteiger partial charge on any atom is 0.145 e. The Morgan fingerprint density at radius 3 is 1.27 bits per heavy atom. The molecule has 0 fully saturated rings. The molecule has 0 amide bonds. The Morgan fingerprint density at radius 1 is 0.500 bits per heavy atom. The first kappa shape index (κ1) is 21.4. The second-order valence-corrected chi connectivity index (χ2v) is 8.46. The summed E-state index contributed by atoms with van der Waals surface area (Å²) in [5.74, 6) is 1.31. The number of hydrogen-bond donors (Lipinski definition) is 0. The van der Waals surface area contributed by atoms with Crippen molar-refractivity contribution >= 4 is 67.9 Å². The molecular formula is C24H18Cl4O2. The van der Waals surface area contributed by atoms with Crippen molar-refractivity contribution < 1.29 is 9.47 Å². The van der Waals surface area contributed by atoms with Crippen molar-refractivity contribution in [1.29, 1.82) is 0 Å². The van der Waals surface area contributed by atoms with E-state index in [1.54, 1.807) is 12.1 Å². The van der Waals surface area contributed by atoms with E-state index in [0.29, 0.717) is 44.8 Å². The normalized spacial score (nSPS) is 11.2. The number of benzene rings is 4. The van der Waals surface area contributed by atoms with Crippen molar-refractivity contribution in [3.8, 4) is 11.5 Å². The van der Waals surface area contributed by atoms with Crippen LogP contribution in [0.1, 0.15) is 12.8 Å². The topological polar surface area (TPSA) is 18.5 Å². The Bertz CT molecular complexity index is 1110. The van der Waals surface area contributed by atoms with Gasteiger partial charge in [-0.1, -0.05) is 94.9 Å². The summed E-state index contributed by atoms with van der Waals surface area (Å²) in [4.78, 5) is 0. The first-order valence-corrected chi connectivity index (χ1v) is 11.1. The minimum absolute atomic E-state index is 0.509. The average Bonchev–Trinajstić information content (AvgIpc) is 2.74. The van der Waals surface area contributed by atoms with E-state index in [2.05, 4.69) is 0 Å². The van der Waals surface area contributed by atoms with Gasteiger partial charge in [0, 0.05) is 21.5 Å². The monoisotopic (exact) mass is 478 g/mol. The predicted molar refractivity (Wildman–Crippen MR) is 128 cm³/mol. The standard InChI is InChI=1S/C24H18Cl4O2/c25-19-13-21(27)23(17-9-3-1-7-15(17)19)29-11-5-6-12-30-24-18-10-4-2-8-16(18)20(26)14-22(24)28/h1-4,7-10,13-14H,5-6,11-12H2. The number of fused-ring (bicyclic) bond motifs is 2. The van der Waals surface area contributed by atoms with Crippen LogP contribution in [0, 0.1) is 0 Å². The lowest BCUT2D eigenvalue weighted by Crippen LogP contribution is -2.04. The molecule has 0 saturated heterocycles. The second kappa shape index (κ2) is 9.53. The molecule has 0 saturated carbocycles. The smallest absolute Gasteiger partial charge is 0.145 e. The molecule has 0 bridgehead atoms. The first-order valence-electron chi connectivity index (χ1n) is 9.55. The Hall–Kier alpha value is -1.84. The average molecular weight is 480 g/mol. The van der Waals surface area contributed by atoms with Crippen molar-refractivity contribution in [2.45, 2.75) is 12.8 Å². The van der Waals surface area contributed by atoms with Crippen LogP contribution in [0.3, 0.4) is 0 Å². The highest BCUT2D eigenvalue weighted by atomic mass is 35.5. The highest BCUT2D eigenvalue weighted by molar-refractivity contribution is 6.40. The molecule has 0 radical (unpaired) electrons. The lowest BCUT2D eigenvalue weighted by atomic mass is 10.1. The predicted octanol–water partition coefficient (Wildman–Crippen LogP) is 8.84. The van der Waals surface area contributed by atoms with Gasteiger partial charge in [-0.3, -0.25) is 0 Å². The molecule has 0 aliphatic rings. The SMILES string of the molecule is Clc1cc(Cl)c2ccccc2c1OCCCCOc1c(Cl)cc(Cl)c2ccccc12. The zero-order valence-corrected chi connectivity index (χ0v) is 19.0. The van der Waals surface area contributed by atoms with E-state index >= 15 is 0 Å². The van der Waals surface area contributed by atoms with Crippen molar-refractivity contribution in [3.05, 3.63) is 80.8 Å². The van der Waals surface area contributed by atoms with Gasteiger partial charge in [-0.05, 0) is 25.0 Å². The van der Waals surface area contributed by atoms with Gasteiger partial charge in [0.05, 0.1) is 33.3 Å². The fraction of sp³-hybridized carbons (Fsp3) is 0.167. The maximum absolute atomic E-state index is 6.35. The Balaban J connectivity index is 1.36. The maximum atomic E-state index is 6.35. The van der Waals surface area contributed by atoms with E-state index in [1.807, 2.05) is 48.5 Å². The third-order valence-corrected chi connectivity index (χ3v) is 6.02. The number of halogens is 4. The van der Waals surface area contributed by atoms with E-state index in [-0.39, 0.29) is 0 Å². The van der Waals surface area contributed by atoms with E-state index in [1.165, 1.54) is 0 Å². The third-order valence-electron chi connectivity index (χ3n) is 4.83. The summed E-state index contributed by atoms with van der Waals surface area (Å²) < 4.78 is 12.0. The molecule has 4 aromatic carbocycles. The van der Waals surface area contributed by atoms with Crippen LogP contribution >= 0.6 is 46.4 Å². The van der Waals surface area contributed by atoms with Crippen molar-refractivity contribution in [1.82, 2.24) is 0 Å².